The molecule has 0 spiro atoms. The molecule has 2 aromatic carbocycles. The van der Waals surface area contributed by atoms with E-state index in [4.69, 9.17) is 16.3 Å². The minimum atomic E-state index is -0.320. The second-order valence-electron chi connectivity index (χ2n) is 6.62. The van der Waals surface area contributed by atoms with E-state index < -0.39 is 0 Å². The molecular weight excluding hydrogens is 396 g/mol. The number of anilines is 1. The van der Waals surface area contributed by atoms with Gasteiger partial charge in [-0.15, -0.1) is 0 Å². The number of hydrogen-bond acceptors (Lipinski definition) is 5. The van der Waals surface area contributed by atoms with Crippen LogP contribution < -0.4 is 4.90 Å². The number of morpholine rings is 1. The van der Waals surface area contributed by atoms with Crippen molar-refractivity contribution < 1.29 is 14.3 Å². The summed E-state index contributed by atoms with van der Waals surface area (Å²) in [5, 5.41) is 0.477. The van der Waals surface area contributed by atoms with Gasteiger partial charge in [0.2, 0.25) is 0 Å². The zero-order chi connectivity index (χ0) is 19.7. The van der Waals surface area contributed by atoms with E-state index in [1.165, 1.54) is 16.7 Å². The summed E-state index contributed by atoms with van der Waals surface area (Å²) in [6, 6.07) is 14.7. The summed E-state index contributed by atoms with van der Waals surface area (Å²) in [4.78, 5) is 31.1. The number of ether oxygens (including phenoxy) is 1. The highest BCUT2D eigenvalue weighted by Gasteiger charge is 2.42. The quantitative estimate of drug-likeness (QED) is 0.711. The van der Waals surface area contributed by atoms with E-state index in [1.54, 1.807) is 24.3 Å². The minimum Gasteiger partial charge on any atom is -0.378 e. The number of nitrogens with zero attached hydrogens (tertiary/aromatic N) is 2. The molecule has 0 aliphatic carbocycles. The van der Waals surface area contributed by atoms with Gasteiger partial charge in [0.15, 0.2) is 0 Å². The molecule has 0 radical (unpaired) electrons. The zero-order valence-corrected chi connectivity index (χ0v) is 16.9. The molecule has 1 saturated heterocycles. The number of aryl methyl sites for hydroxylation is 1. The second-order valence-corrected chi connectivity index (χ2v) is 8.14. The third-order valence-corrected chi connectivity index (χ3v) is 5.97. The van der Waals surface area contributed by atoms with E-state index in [0.717, 1.165) is 10.5 Å². The Bertz CT molecular complexity index is 952. The first-order valence-electron chi connectivity index (χ1n) is 9.00. The standard InChI is InChI=1S/C21H19ClN2O3S/c1-14-5-7-17(8-6-14)28-19-18(23-9-11-27-12-10-23)20(25)24(21(19)26)16-4-2-3-15(22)13-16/h2-8,13H,9-12H2,1H3. The fraction of sp³-hybridized carbons (Fsp3) is 0.238. The number of carbonyl (C=O) groups excluding carboxylic acids is 2. The molecule has 1 fully saturated rings. The lowest BCUT2D eigenvalue weighted by atomic mass is 10.2. The molecule has 7 heteroatoms. The van der Waals surface area contributed by atoms with E-state index in [1.807, 2.05) is 36.1 Å². The summed E-state index contributed by atoms with van der Waals surface area (Å²) in [7, 11) is 0. The van der Waals surface area contributed by atoms with Crippen molar-refractivity contribution in [2.45, 2.75) is 11.8 Å². The van der Waals surface area contributed by atoms with Gasteiger partial charge in [0.05, 0.1) is 18.9 Å². The monoisotopic (exact) mass is 414 g/mol. The molecule has 0 atom stereocenters. The van der Waals surface area contributed by atoms with Crippen molar-refractivity contribution >= 4 is 40.9 Å². The van der Waals surface area contributed by atoms with Crippen molar-refractivity contribution in [3.8, 4) is 0 Å². The summed E-state index contributed by atoms with van der Waals surface area (Å²) in [5.74, 6) is -0.636. The maximum Gasteiger partial charge on any atom is 0.283 e. The van der Waals surface area contributed by atoms with Crippen LogP contribution in [0.4, 0.5) is 5.69 Å². The molecule has 0 N–H and O–H groups in total. The average Bonchev–Trinajstić information content (AvgIpc) is 2.94. The third kappa shape index (κ3) is 3.68. The summed E-state index contributed by atoms with van der Waals surface area (Å²) < 4.78 is 5.42. The van der Waals surface area contributed by atoms with E-state index in [0.29, 0.717) is 47.6 Å². The molecule has 0 saturated carbocycles. The molecular formula is C21H19ClN2O3S. The summed E-state index contributed by atoms with van der Waals surface area (Å²) in [5.41, 5.74) is 2.06. The maximum atomic E-state index is 13.3. The van der Waals surface area contributed by atoms with Crippen LogP contribution in [0.5, 0.6) is 0 Å². The topological polar surface area (TPSA) is 49.9 Å². The number of amides is 2. The Kier molecular flexibility index (Phi) is 5.44. The van der Waals surface area contributed by atoms with Gasteiger partial charge in [-0.05, 0) is 37.3 Å². The van der Waals surface area contributed by atoms with Crippen molar-refractivity contribution in [3.63, 3.8) is 0 Å². The molecule has 0 aromatic heterocycles. The normalized spacial score (nSPS) is 17.6. The summed E-state index contributed by atoms with van der Waals surface area (Å²) in [6.45, 7) is 4.23. The molecule has 4 rings (SSSR count). The van der Waals surface area contributed by atoms with Gasteiger partial charge >= 0.3 is 0 Å². The molecule has 0 bridgehead atoms. The average molecular weight is 415 g/mol. The minimum absolute atomic E-state index is 0.316. The number of rotatable bonds is 4. The maximum absolute atomic E-state index is 13.3. The van der Waals surface area contributed by atoms with Gasteiger partial charge in [0.25, 0.3) is 11.8 Å². The van der Waals surface area contributed by atoms with E-state index in [9.17, 15) is 9.59 Å². The number of thioether (sulfide) groups is 1. The van der Waals surface area contributed by atoms with E-state index in [-0.39, 0.29) is 11.8 Å². The first-order chi connectivity index (χ1) is 13.5. The van der Waals surface area contributed by atoms with Gasteiger partial charge in [0.1, 0.15) is 10.6 Å². The van der Waals surface area contributed by atoms with E-state index in [2.05, 4.69) is 0 Å². The summed E-state index contributed by atoms with van der Waals surface area (Å²) >= 11 is 7.42. The highest BCUT2D eigenvalue weighted by Crippen LogP contribution is 2.39. The van der Waals surface area contributed by atoms with Crippen molar-refractivity contribution in [1.82, 2.24) is 4.90 Å². The van der Waals surface area contributed by atoms with Gasteiger partial charge in [-0.1, -0.05) is 47.1 Å². The first kappa shape index (κ1) is 19.1. The van der Waals surface area contributed by atoms with Crippen LogP contribution in [0.15, 0.2) is 64.0 Å². The van der Waals surface area contributed by atoms with Gasteiger partial charge in [-0.25, -0.2) is 4.90 Å². The molecule has 2 amide bonds. The van der Waals surface area contributed by atoms with Crippen LogP contribution in [-0.4, -0.2) is 43.0 Å². The van der Waals surface area contributed by atoms with E-state index >= 15 is 0 Å². The fourth-order valence-corrected chi connectivity index (χ4v) is 4.41. The summed E-state index contributed by atoms with van der Waals surface area (Å²) in [6.07, 6.45) is 0. The van der Waals surface area contributed by atoms with Crippen molar-refractivity contribution in [1.29, 1.82) is 0 Å². The number of imide groups is 1. The Morgan fingerprint density at radius 3 is 2.39 bits per heavy atom. The molecule has 144 valence electrons. The molecule has 2 aliphatic rings. The lowest BCUT2D eigenvalue weighted by Gasteiger charge is -2.29. The van der Waals surface area contributed by atoms with Crippen LogP contribution in [0.2, 0.25) is 5.02 Å². The van der Waals surface area contributed by atoms with Crippen LogP contribution in [0.25, 0.3) is 0 Å². The largest absolute Gasteiger partial charge is 0.378 e. The molecule has 5 nitrogen and oxygen atoms in total. The number of carbonyl (C=O) groups is 2. The Hall–Kier alpha value is -2.28. The highest BCUT2D eigenvalue weighted by atomic mass is 35.5. The van der Waals surface area contributed by atoms with Gasteiger partial charge in [0, 0.05) is 23.0 Å². The van der Waals surface area contributed by atoms with Crippen LogP contribution in [0, 0.1) is 6.92 Å². The Morgan fingerprint density at radius 2 is 1.71 bits per heavy atom. The van der Waals surface area contributed by atoms with Gasteiger partial charge in [-0.2, -0.15) is 0 Å². The fourth-order valence-electron chi connectivity index (χ4n) is 3.23. The van der Waals surface area contributed by atoms with Gasteiger partial charge < -0.3 is 9.64 Å². The van der Waals surface area contributed by atoms with Crippen molar-refractivity contribution in [3.05, 3.63) is 69.7 Å². The number of halogens is 1. The Balaban J connectivity index is 1.74. The molecule has 2 aromatic rings. The van der Waals surface area contributed by atoms with Crippen LogP contribution in [-0.2, 0) is 14.3 Å². The lowest BCUT2D eigenvalue weighted by Crippen LogP contribution is -2.40. The zero-order valence-electron chi connectivity index (χ0n) is 15.4. The van der Waals surface area contributed by atoms with Crippen LogP contribution in [0.1, 0.15) is 5.56 Å². The Labute approximate surface area is 172 Å². The smallest absolute Gasteiger partial charge is 0.283 e. The number of hydrogen-bond donors (Lipinski definition) is 0. The molecule has 2 aliphatic heterocycles. The van der Waals surface area contributed by atoms with Crippen LogP contribution in [0.3, 0.4) is 0 Å². The molecule has 2 heterocycles. The predicted molar refractivity (Wildman–Crippen MR) is 110 cm³/mol. The first-order valence-corrected chi connectivity index (χ1v) is 10.2. The Morgan fingerprint density at radius 1 is 1.00 bits per heavy atom. The molecule has 28 heavy (non-hydrogen) atoms. The second kappa shape index (κ2) is 7.99. The predicted octanol–water partition coefficient (Wildman–Crippen LogP) is 3.86. The van der Waals surface area contributed by atoms with Crippen molar-refractivity contribution in [2.24, 2.45) is 0 Å². The number of benzene rings is 2. The van der Waals surface area contributed by atoms with Gasteiger partial charge in [-0.3, -0.25) is 9.59 Å². The van der Waals surface area contributed by atoms with Crippen LogP contribution >= 0.6 is 23.4 Å². The lowest BCUT2D eigenvalue weighted by molar-refractivity contribution is -0.121. The van der Waals surface area contributed by atoms with Crippen molar-refractivity contribution in [2.75, 3.05) is 31.2 Å². The highest BCUT2D eigenvalue weighted by molar-refractivity contribution is 8.04. The molecule has 0 unspecified atom stereocenters. The third-order valence-electron chi connectivity index (χ3n) is 4.65. The SMILES string of the molecule is Cc1ccc(SC2=C(N3CCOCC3)C(=O)N(c3cccc(Cl)c3)C2=O)cc1.